The summed E-state index contributed by atoms with van der Waals surface area (Å²) in [5, 5.41) is 11.2. The average Bonchev–Trinajstić information content (AvgIpc) is 2.98. The molecule has 0 N–H and O–H groups in total. The Kier molecular flexibility index (Phi) is 6.66. The van der Waals surface area contributed by atoms with Gasteiger partial charge in [0.15, 0.2) is 5.75 Å². The van der Waals surface area contributed by atoms with Gasteiger partial charge in [-0.25, -0.2) is 0 Å². The average molecular weight is 399 g/mol. The number of amides is 1. The zero-order valence-corrected chi connectivity index (χ0v) is 16.7. The van der Waals surface area contributed by atoms with E-state index in [1.54, 1.807) is 18.1 Å². The second-order valence-electron chi connectivity index (χ2n) is 6.91. The number of hydrogen-bond acceptors (Lipinski definition) is 6. The van der Waals surface area contributed by atoms with Gasteiger partial charge in [0, 0.05) is 44.4 Å². The van der Waals surface area contributed by atoms with Gasteiger partial charge in [-0.3, -0.25) is 19.8 Å². The first kappa shape index (κ1) is 20.6. The zero-order valence-electron chi connectivity index (χ0n) is 16.7. The molecule has 1 saturated heterocycles. The van der Waals surface area contributed by atoms with Crippen LogP contribution in [0, 0.1) is 10.1 Å². The van der Waals surface area contributed by atoms with E-state index in [4.69, 9.17) is 9.47 Å². The molecule has 1 amide bonds. The number of hydrogen-bond donors (Lipinski definition) is 0. The van der Waals surface area contributed by atoms with Gasteiger partial charge in [-0.15, -0.1) is 0 Å². The van der Waals surface area contributed by atoms with Crippen LogP contribution in [0.25, 0.3) is 0 Å². The summed E-state index contributed by atoms with van der Waals surface area (Å²) >= 11 is 0. The normalized spacial score (nSPS) is 14.9. The number of carbonyl (C=O) groups excluding carboxylic acids is 1. The Morgan fingerprint density at radius 3 is 2.45 bits per heavy atom. The van der Waals surface area contributed by atoms with Crippen molar-refractivity contribution in [2.45, 2.75) is 13.0 Å². The first-order chi connectivity index (χ1) is 14.0. The highest BCUT2D eigenvalue weighted by Gasteiger charge is 2.23. The lowest BCUT2D eigenvalue weighted by molar-refractivity contribution is -0.385. The number of nitro groups is 1. The summed E-state index contributed by atoms with van der Waals surface area (Å²) in [4.78, 5) is 27.7. The van der Waals surface area contributed by atoms with Gasteiger partial charge in [0.1, 0.15) is 5.75 Å². The van der Waals surface area contributed by atoms with Crippen LogP contribution in [0.15, 0.2) is 42.5 Å². The van der Waals surface area contributed by atoms with E-state index in [2.05, 4.69) is 4.90 Å². The maximum absolute atomic E-state index is 12.9. The van der Waals surface area contributed by atoms with Crippen molar-refractivity contribution in [1.82, 2.24) is 9.80 Å². The summed E-state index contributed by atoms with van der Waals surface area (Å²) in [5.41, 5.74) is 1.30. The van der Waals surface area contributed by atoms with Crippen molar-refractivity contribution >= 4 is 11.6 Å². The Balaban J connectivity index is 1.64. The van der Waals surface area contributed by atoms with Crippen molar-refractivity contribution in [3.05, 3.63) is 63.7 Å². The predicted molar refractivity (Wildman–Crippen MR) is 108 cm³/mol. The van der Waals surface area contributed by atoms with Crippen molar-refractivity contribution in [2.75, 3.05) is 40.4 Å². The van der Waals surface area contributed by atoms with Gasteiger partial charge in [-0.2, -0.15) is 0 Å². The summed E-state index contributed by atoms with van der Waals surface area (Å²) in [6, 6.07) is 12.3. The molecule has 0 atom stereocenters. The molecule has 2 aromatic rings. The number of methoxy groups -OCH3 is 2. The van der Waals surface area contributed by atoms with Crippen LogP contribution in [0.2, 0.25) is 0 Å². The molecule has 0 aliphatic carbocycles. The van der Waals surface area contributed by atoms with Gasteiger partial charge in [0.05, 0.1) is 19.1 Å². The molecule has 8 heteroatoms. The fraction of sp³-hybridized carbons (Fsp3) is 0.381. The van der Waals surface area contributed by atoms with Crippen LogP contribution in [0.4, 0.5) is 5.69 Å². The van der Waals surface area contributed by atoms with Crippen LogP contribution < -0.4 is 9.47 Å². The zero-order chi connectivity index (χ0) is 20.8. The molecule has 3 rings (SSSR count). The highest BCUT2D eigenvalue weighted by atomic mass is 16.6. The lowest BCUT2D eigenvalue weighted by atomic mass is 10.1. The maximum atomic E-state index is 12.9. The minimum atomic E-state index is -0.533. The quantitative estimate of drug-likeness (QED) is 0.548. The third-order valence-electron chi connectivity index (χ3n) is 5.06. The number of ether oxygens (including phenoxy) is 2. The van der Waals surface area contributed by atoms with Crippen LogP contribution >= 0.6 is 0 Å². The van der Waals surface area contributed by atoms with E-state index in [0.29, 0.717) is 18.7 Å². The predicted octanol–water partition coefficient (Wildman–Crippen LogP) is 2.96. The lowest BCUT2D eigenvalue weighted by Crippen LogP contribution is -2.35. The van der Waals surface area contributed by atoms with Crippen molar-refractivity contribution in [2.24, 2.45) is 0 Å². The molecule has 0 unspecified atom stereocenters. The smallest absolute Gasteiger partial charge is 0.311 e. The van der Waals surface area contributed by atoms with E-state index >= 15 is 0 Å². The van der Waals surface area contributed by atoms with E-state index < -0.39 is 4.92 Å². The molecule has 1 heterocycles. The van der Waals surface area contributed by atoms with E-state index in [9.17, 15) is 14.9 Å². The summed E-state index contributed by atoms with van der Waals surface area (Å²) in [6.45, 7) is 3.64. The number of nitrogens with zero attached hydrogens (tertiary/aromatic N) is 3. The van der Waals surface area contributed by atoms with Gasteiger partial charge in [-0.05, 0) is 36.2 Å². The molecule has 1 fully saturated rings. The fourth-order valence-electron chi connectivity index (χ4n) is 3.47. The highest BCUT2D eigenvalue weighted by Crippen LogP contribution is 2.28. The maximum Gasteiger partial charge on any atom is 0.311 e. The molecule has 1 aliphatic heterocycles. The molecule has 154 valence electrons. The van der Waals surface area contributed by atoms with Crippen LogP contribution in [-0.2, 0) is 6.54 Å². The first-order valence-electron chi connectivity index (χ1n) is 9.49. The van der Waals surface area contributed by atoms with Gasteiger partial charge in [-0.1, -0.05) is 12.1 Å². The number of nitro benzene ring substituents is 1. The minimum absolute atomic E-state index is 0.146. The third-order valence-corrected chi connectivity index (χ3v) is 5.06. The molecule has 0 bridgehead atoms. The standard InChI is InChI=1S/C21H25N3O5/c1-28-18-7-4-16(5-8-18)15-22-10-3-11-23(13-12-22)21(25)17-6-9-20(29-2)19(14-17)24(26)27/h4-9,14H,3,10-13,15H2,1-2H3. The molecular weight excluding hydrogens is 374 g/mol. The summed E-state index contributed by atoms with van der Waals surface area (Å²) in [7, 11) is 3.02. The Morgan fingerprint density at radius 1 is 1.03 bits per heavy atom. The molecule has 0 aromatic heterocycles. The van der Waals surface area contributed by atoms with Crippen molar-refractivity contribution in [3.8, 4) is 11.5 Å². The first-order valence-corrected chi connectivity index (χ1v) is 9.49. The van der Waals surface area contributed by atoms with Crippen molar-refractivity contribution in [3.63, 3.8) is 0 Å². The van der Waals surface area contributed by atoms with Gasteiger partial charge >= 0.3 is 5.69 Å². The topological polar surface area (TPSA) is 85.2 Å². The second-order valence-corrected chi connectivity index (χ2v) is 6.91. The molecule has 0 saturated carbocycles. The highest BCUT2D eigenvalue weighted by molar-refractivity contribution is 5.95. The van der Waals surface area contributed by atoms with Crippen LogP contribution in [0.1, 0.15) is 22.3 Å². The molecule has 29 heavy (non-hydrogen) atoms. The number of carbonyl (C=O) groups is 1. The van der Waals surface area contributed by atoms with Crippen LogP contribution in [0.3, 0.4) is 0 Å². The van der Waals surface area contributed by atoms with Gasteiger partial charge in [0.25, 0.3) is 5.91 Å². The molecule has 2 aromatic carbocycles. The molecule has 8 nitrogen and oxygen atoms in total. The molecular formula is C21H25N3O5. The van der Waals surface area contributed by atoms with Crippen molar-refractivity contribution in [1.29, 1.82) is 0 Å². The van der Waals surface area contributed by atoms with E-state index in [1.807, 2.05) is 24.3 Å². The second kappa shape index (κ2) is 9.38. The van der Waals surface area contributed by atoms with E-state index in [-0.39, 0.29) is 17.3 Å². The summed E-state index contributed by atoms with van der Waals surface area (Å²) < 4.78 is 10.2. The summed E-state index contributed by atoms with van der Waals surface area (Å²) in [6.07, 6.45) is 0.847. The van der Waals surface area contributed by atoms with Crippen LogP contribution in [0.5, 0.6) is 11.5 Å². The lowest BCUT2D eigenvalue weighted by Gasteiger charge is -2.22. The molecule has 0 spiro atoms. The number of rotatable bonds is 6. The minimum Gasteiger partial charge on any atom is -0.497 e. The van der Waals surface area contributed by atoms with E-state index in [0.717, 1.165) is 31.8 Å². The van der Waals surface area contributed by atoms with Gasteiger partial charge < -0.3 is 14.4 Å². The monoisotopic (exact) mass is 399 g/mol. The largest absolute Gasteiger partial charge is 0.497 e. The fourth-order valence-corrected chi connectivity index (χ4v) is 3.47. The van der Waals surface area contributed by atoms with Gasteiger partial charge in [0.2, 0.25) is 0 Å². The SMILES string of the molecule is COc1ccc(CN2CCCN(C(=O)c3ccc(OC)c([N+](=O)[O-])c3)CC2)cc1. The molecule has 1 aliphatic rings. The van der Waals surface area contributed by atoms with Crippen molar-refractivity contribution < 1.29 is 19.2 Å². The Bertz CT molecular complexity index is 869. The Morgan fingerprint density at radius 2 is 1.79 bits per heavy atom. The Hall–Kier alpha value is -3.13. The molecule has 0 radical (unpaired) electrons. The number of benzene rings is 2. The van der Waals surface area contributed by atoms with Crippen LogP contribution in [-0.4, -0.2) is 61.0 Å². The Labute approximate surface area is 169 Å². The summed E-state index contributed by atoms with van der Waals surface area (Å²) in [5.74, 6) is 0.783. The van der Waals surface area contributed by atoms with E-state index in [1.165, 1.54) is 24.8 Å². The third kappa shape index (κ3) is 5.03.